The number of ether oxygens (including phenoxy) is 1. The predicted octanol–water partition coefficient (Wildman–Crippen LogP) is 0.592. The number of nitrogens with zero attached hydrogens (tertiary/aromatic N) is 8. The third-order valence-corrected chi connectivity index (χ3v) is 5.97. The number of amides is 1. The largest absolute Gasteiger partial charge is 0.378 e. The maximum absolute atomic E-state index is 14.0. The summed E-state index contributed by atoms with van der Waals surface area (Å²) in [5.74, 6) is 0.295. The number of carbonyl (C=O) groups is 1. The summed E-state index contributed by atoms with van der Waals surface area (Å²) in [7, 11) is 0. The minimum absolute atomic E-state index is 0.0405. The van der Waals surface area contributed by atoms with Gasteiger partial charge in [-0.25, -0.2) is 13.8 Å². The number of piperazine rings is 1. The molecule has 0 saturated carbocycles. The minimum Gasteiger partial charge on any atom is -0.378 e. The zero-order chi connectivity index (χ0) is 23.7. The lowest BCUT2D eigenvalue weighted by atomic mass is 10.3. The molecular formula is C21H25F2N9O2. The quantitative estimate of drug-likeness (QED) is 0.568. The van der Waals surface area contributed by atoms with Gasteiger partial charge in [0.25, 0.3) is 6.43 Å². The highest BCUT2D eigenvalue weighted by atomic mass is 19.3. The maximum atomic E-state index is 14.0. The van der Waals surface area contributed by atoms with E-state index in [-0.39, 0.29) is 18.4 Å². The molecule has 2 aliphatic heterocycles. The van der Waals surface area contributed by atoms with Crippen LogP contribution in [0, 0.1) is 0 Å². The van der Waals surface area contributed by atoms with E-state index in [0.29, 0.717) is 75.4 Å². The molecule has 2 saturated heterocycles. The van der Waals surface area contributed by atoms with Crippen LogP contribution in [0.15, 0.2) is 24.3 Å². The van der Waals surface area contributed by atoms with Gasteiger partial charge in [-0.2, -0.15) is 15.0 Å². The van der Waals surface area contributed by atoms with Crippen LogP contribution in [0.4, 0.5) is 20.7 Å². The number of morpholine rings is 1. The van der Waals surface area contributed by atoms with Gasteiger partial charge in [-0.05, 0) is 12.1 Å². The number of anilines is 2. The van der Waals surface area contributed by atoms with Gasteiger partial charge in [0.2, 0.25) is 23.8 Å². The van der Waals surface area contributed by atoms with Gasteiger partial charge in [0.05, 0.1) is 30.8 Å². The number of rotatable bonds is 5. The van der Waals surface area contributed by atoms with E-state index in [4.69, 9.17) is 10.5 Å². The standard InChI is InChI=1S/C21H25F2N9O2/c22-17(23)18-25-14-3-1-2-4-15(14)32(18)21-27-19(26-20(28-21)31-9-11-34-12-10-31)30-7-5-29(6-8-30)16(33)13-24/h1-4,17H,5-13,24H2. The number of nitrogens with two attached hydrogens (primary N) is 1. The maximum Gasteiger partial charge on any atom is 0.296 e. The van der Waals surface area contributed by atoms with Crippen LogP contribution in [-0.2, 0) is 9.53 Å². The van der Waals surface area contributed by atoms with Crippen molar-refractivity contribution in [2.24, 2.45) is 5.73 Å². The van der Waals surface area contributed by atoms with Gasteiger partial charge in [-0.3, -0.25) is 9.36 Å². The van der Waals surface area contributed by atoms with E-state index in [2.05, 4.69) is 19.9 Å². The van der Waals surface area contributed by atoms with E-state index in [1.54, 1.807) is 29.2 Å². The molecule has 34 heavy (non-hydrogen) atoms. The number of benzene rings is 1. The number of aromatic nitrogens is 5. The Kier molecular flexibility index (Phi) is 6.20. The number of carbonyl (C=O) groups excluding carboxylic acids is 1. The minimum atomic E-state index is -2.81. The van der Waals surface area contributed by atoms with Crippen molar-refractivity contribution in [1.82, 2.24) is 29.4 Å². The molecule has 0 aliphatic carbocycles. The monoisotopic (exact) mass is 473 g/mol. The van der Waals surface area contributed by atoms with Crippen molar-refractivity contribution >= 4 is 28.8 Å². The number of imidazole rings is 1. The van der Waals surface area contributed by atoms with Gasteiger partial charge in [-0.1, -0.05) is 12.1 Å². The molecule has 1 amide bonds. The van der Waals surface area contributed by atoms with Crippen molar-refractivity contribution in [2.75, 3.05) is 68.8 Å². The Morgan fingerprint density at radius 1 is 0.912 bits per heavy atom. The normalized spacial score (nSPS) is 17.1. The summed E-state index contributed by atoms with van der Waals surface area (Å²) in [4.78, 5) is 35.5. The summed E-state index contributed by atoms with van der Waals surface area (Å²) in [6, 6.07) is 6.89. The molecule has 5 rings (SSSR count). The number of halogens is 2. The molecule has 0 unspecified atom stereocenters. The molecule has 2 aliphatic rings. The topological polar surface area (TPSA) is 119 Å². The molecule has 180 valence electrons. The Balaban J connectivity index is 1.58. The summed E-state index contributed by atoms with van der Waals surface area (Å²) >= 11 is 0. The van der Waals surface area contributed by atoms with E-state index in [1.807, 2.05) is 9.80 Å². The number of alkyl halides is 2. The lowest BCUT2D eigenvalue weighted by Gasteiger charge is -2.35. The predicted molar refractivity (Wildman–Crippen MR) is 120 cm³/mol. The van der Waals surface area contributed by atoms with E-state index >= 15 is 0 Å². The zero-order valence-corrected chi connectivity index (χ0v) is 18.5. The Bertz CT molecular complexity index is 1170. The highest BCUT2D eigenvalue weighted by Crippen LogP contribution is 2.28. The van der Waals surface area contributed by atoms with Crippen molar-refractivity contribution in [3.8, 4) is 5.95 Å². The van der Waals surface area contributed by atoms with E-state index < -0.39 is 12.2 Å². The van der Waals surface area contributed by atoms with E-state index in [9.17, 15) is 13.6 Å². The molecule has 0 radical (unpaired) electrons. The van der Waals surface area contributed by atoms with Gasteiger partial charge in [0, 0.05) is 39.3 Å². The highest BCUT2D eigenvalue weighted by Gasteiger charge is 2.27. The number of hydrogen-bond donors (Lipinski definition) is 1. The van der Waals surface area contributed by atoms with Crippen molar-refractivity contribution in [3.05, 3.63) is 30.1 Å². The molecule has 2 aromatic heterocycles. The summed E-state index contributed by atoms with van der Waals surface area (Å²) in [6.45, 7) is 4.08. The average Bonchev–Trinajstić information content (AvgIpc) is 3.29. The third-order valence-electron chi connectivity index (χ3n) is 5.97. The Morgan fingerprint density at radius 2 is 1.53 bits per heavy atom. The smallest absolute Gasteiger partial charge is 0.296 e. The van der Waals surface area contributed by atoms with Crippen molar-refractivity contribution in [2.45, 2.75) is 6.43 Å². The highest BCUT2D eigenvalue weighted by molar-refractivity contribution is 5.78. The first-order valence-corrected chi connectivity index (χ1v) is 11.1. The van der Waals surface area contributed by atoms with Gasteiger partial charge < -0.3 is 25.2 Å². The summed E-state index contributed by atoms with van der Waals surface area (Å²) in [5, 5.41) is 0. The first-order valence-electron chi connectivity index (χ1n) is 11.1. The van der Waals surface area contributed by atoms with Crippen molar-refractivity contribution < 1.29 is 18.3 Å². The molecule has 4 heterocycles. The van der Waals surface area contributed by atoms with Crippen LogP contribution >= 0.6 is 0 Å². The summed E-state index contributed by atoms with van der Waals surface area (Å²) in [5.41, 5.74) is 6.40. The molecule has 13 heteroatoms. The molecule has 0 bridgehead atoms. The average molecular weight is 473 g/mol. The van der Waals surface area contributed by atoms with E-state index in [0.717, 1.165) is 0 Å². The molecule has 0 spiro atoms. The van der Waals surface area contributed by atoms with Crippen molar-refractivity contribution in [1.29, 1.82) is 0 Å². The first-order chi connectivity index (χ1) is 16.5. The van der Waals surface area contributed by atoms with Gasteiger partial charge in [-0.15, -0.1) is 0 Å². The van der Waals surface area contributed by atoms with Gasteiger partial charge in [0.1, 0.15) is 0 Å². The van der Waals surface area contributed by atoms with Crippen LogP contribution in [0.5, 0.6) is 0 Å². The van der Waals surface area contributed by atoms with E-state index in [1.165, 1.54) is 4.57 Å². The molecule has 2 N–H and O–H groups in total. The number of para-hydroxylation sites is 2. The number of fused-ring (bicyclic) bond motifs is 1. The lowest BCUT2D eigenvalue weighted by molar-refractivity contribution is -0.129. The Morgan fingerprint density at radius 3 is 2.18 bits per heavy atom. The van der Waals surface area contributed by atoms with Crippen LogP contribution in [0.25, 0.3) is 17.0 Å². The van der Waals surface area contributed by atoms with Gasteiger partial charge >= 0.3 is 0 Å². The second-order valence-corrected chi connectivity index (χ2v) is 8.00. The first kappa shape index (κ1) is 22.3. The number of hydrogen-bond acceptors (Lipinski definition) is 9. The van der Waals surface area contributed by atoms with Crippen molar-refractivity contribution in [3.63, 3.8) is 0 Å². The summed E-state index contributed by atoms with van der Waals surface area (Å²) < 4.78 is 34.7. The fourth-order valence-corrected chi connectivity index (χ4v) is 4.18. The SMILES string of the molecule is NCC(=O)N1CCN(c2nc(N3CCOCC3)nc(-n3c(C(F)F)nc4ccccc43)n2)CC1. The van der Waals surface area contributed by atoms with Crippen LogP contribution in [0.1, 0.15) is 12.2 Å². The molecular weight excluding hydrogens is 448 g/mol. The third kappa shape index (κ3) is 4.23. The second kappa shape index (κ2) is 9.43. The zero-order valence-electron chi connectivity index (χ0n) is 18.5. The molecule has 1 aromatic carbocycles. The Labute approximate surface area is 194 Å². The second-order valence-electron chi connectivity index (χ2n) is 8.00. The molecule has 3 aromatic rings. The van der Waals surface area contributed by atoms with Crippen LogP contribution in [0.2, 0.25) is 0 Å². The summed E-state index contributed by atoms with van der Waals surface area (Å²) in [6.07, 6.45) is -2.81. The Hall–Kier alpha value is -3.45. The lowest BCUT2D eigenvalue weighted by Crippen LogP contribution is -2.51. The van der Waals surface area contributed by atoms with Crippen LogP contribution in [0.3, 0.4) is 0 Å². The van der Waals surface area contributed by atoms with Crippen LogP contribution < -0.4 is 15.5 Å². The van der Waals surface area contributed by atoms with Crippen LogP contribution in [-0.4, -0.2) is 94.3 Å². The molecule has 0 atom stereocenters. The fraction of sp³-hybridized carbons (Fsp3) is 0.476. The molecule has 11 nitrogen and oxygen atoms in total. The fourth-order valence-electron chi connectivity index (χ4n) is 4.18. The molecule has 2 fully saturated rings. The van der Waals surface area contributed by atoms with Gasteiger partial charge in [0.15, 0.2) is 5.82 Å².